The van der Waals surface area contributed by atoms with Gasteiger partial charge in [-0.1, -0.05) is 24.3 Å². The highest BCUT2D eigenvalue weighted by atomic mass is 32.2. The Hall–Kier alpha value is -2.21. The van der Waals surface area contributed by atoms with Gasteiger partial charge in [-0.05, 0) is 44.9 Å². The number of allylic oxidation sites excluding steroid dienone is 1. The molecule has 1 aliphatic heterocycles. The number of rotatable bonds is 4. The van der Waals surface area contributed by atoms with Gasteiger partial charge in [0.05, 0.1) is 23.2 Å². The maximum atomic E-state index is 12.4. The summed E-state index contributed by atoms with van der Waals surface area (Å²) in [6, 6.07) is 7.37. The van der Waals surface area contributed by atoms with Gasteiger partial charge in [0.1, 0.15) is 0 Å². The van der Waals surface area contributed by atoms with Crippen LogP contribution in [0.3, 0.4) is 0 Å². The molecule has 6 heteroatoms. The van der Waals surface area contributed by atoms with Crippen molar-refractivity contribution < 1.29 is 13.2 Å². The molecule has 0 spiro atoms. The van der Waals surface area contributed by atoms with Gasteiger partial charge in [-0.3, -0.25) is 9.48 Å². The van der Waals surface area contributed by atoms with Crippen LogP contribution in [0.1, 0.15) is 45.3 Å². The van der Waals surface area contributed by atoms with Crippen molar-refractivity contribution in [3.05, 3.63) is 58.4 Å². The number of hydrogen-bond acceptors (Lipinski definition) is 4. The quantitative estimate of drug-likeness (QED) is 0.622. The number of aryl methyl sites for hydroxylation is 2. The first-order valence-electron chi connectivity index (χ1n) is 8.32. The van der Waals surface area contributed by atoms with E-state index in [0.717, 1.165) is 22.5 Å². The van der Waals surface area contributed by atoms with Crippen molar-refractivity contribution in [3.8, 4) is 0 Å². The van der Waals surface area contributed by atoms with Crippen LogP contribution in [0.5, 0.6) is 0 Å². The fourth-order valence-electron chi connectivity index (χ4n) is 3.34. The van der Waals surface area contributed by atoms with Crippen molar-refractivity contribution in [1.29, 1.82) is 0 Å². The zero-order valence-corrected chi connectivity index (χ0v) is 15.5. The summed E-state index contributed by atoms with van der Waals surface area (Å²) >= 11 is 0. The van der Waals surface area contributed by atoms with E-state index in [1.807, 2.05) is 45.0 Å². The van der Waals surface area contributed by atoms with Gasteiger partial charge in [-0.25, -0.2) is 8.42 Å². The van der Waals surface area contributed by atoms with E-state index in [0.29, 0.717) is 12.0 Å². The van der Waals surface area contributed by atoms with Crippen LogP contribution in [0.4, 0.5) is 0 Å². The summed E-state index contributed by atoms with van der Waals surface area (Å²) in [6.07, 6.45) is 3.94. The number of sulfone groups is 1. The minimum absolute atomic E-state index is 0.0481. The first-order valence-corrected chi connectivity index (χ1v) is 10.1. The molecule has 0 saturated carbocycles. The number of carbonyl (C=O) groups is 1. The van der Waals surface area contributed by atoms with Crippen LogP contribution in [0.2, 0.25) is 0 Å². The maximum absolute atomic E-state index is 12.4. The molecular formula is C19H22N2O3S. The topological polar surface area (TPSA) is 69.0 Å². The van der Waals surface area contributed by atoms with Crippen LogP contribution in [0.25, 0.3) is 6.08 Å². The zero-order valence-electron chi connectivity index (χ0n) is 14.7. The number of ketones is 1. The number of carbonyl (C=O) groups excluding carboxylic acids is 1. The zero-order chi connectivity index (χ0) is 18.2. The Morgan fingerprint density at radius 3 is 2.60 bits per heavy atom. The van der Waals surface area contributed by atoms with Crippen molar-refractivity contribution in [2.75, 3.05) is 11.5 Å². The maximum Gasteiger partial charge on any atom is 0.186 e. The number of hydrogen-bond donors (Lipinski definition) is 0. The van der Waals surface area contributed by atoms with Gasteiger partial charge in [-0.2, -0.15) is 5.10 Å². The summed E-state index contributed by atoms with van der Waals surface area (Å²) < 4.78 is 25.2. The predicted octanol–water partition coefficient (Wildman–Crippen LogP) is 3.06. The standard InChI is InChI=1S/C19H22N2O3S/c1-13-6-4-5-7-17(13)19(22)9-8-18-14(2)20-21(15(18)3)16-10-11-25(23,24)12-16/h4-9,16H,10-12H2,1-3H3/b9-8+/t16-/m1/s1. The third-order valence-corrected chi connectivity index (χ3v) is 6.50. The van der Waals surface area contributed by atoms with E-state index in [-0.39, 0.29) is 23.3 Å². The largest absolute Gasteiger partial charge is 0.289 e. The minimum Gasteiger partial charge on any atom is -0.289 e. The first-order chi connectivity index (χ1) is 11.8. The molecule has 1 saturated heterocycles. The summed E-state index contributed by atoms with van der Waals surface area (Å²) in [5.41, 5.74) is 4.20. The van der Waals surface area contributed by atoms with Crippen molar-refractivity contribution in [2.45, 2.75) is 33.2 Å². The summed E-state index contributed by atoms with van der Waals surface area (Å²) in [7, 11) is -2.96. The normalized spacial score (nSPS) is 19.6. The highest BCUT2D eigenvalue weighted by Crippen LogP contribution is 2.27. The lowest BCUT2D eigenvalue weighted by Gasteiger charge is -2.10. The molecule has 0 N–H and O–H groups in total. The Morgan fingerprint density at radius 1 is 1.24 bits per heavy atom. The van der Waals surface area contributed by atoms with Crippen molar-refractivity contribution in [3.63, 3.8) is 0 Å². The van der Waals surface area contributed by atoms with Crippen molar-refractivity contribution >= 4 is 21.7 Å². The van der Waals surface area contributed by atoms with Crippen LogP contribution < -0.4 is 0 Å². The lowest BCUT2D eigenvalue weighted by atomic mass is 10.0. The SMILES string of the molecule is Cc1ccccc1C(=O)/C=C/c1c(C)nn([C@@H]2CCS(=O)(=O)C2)c1C. The van der Waals surface area contributed by atoms with Gasteiger partial charge in [-0.15, -0.1) is 0 Å². The van der Waals surface area contributed by atoms with Gasteiger partial charge in [0.2, 0.25) is 0 Å². The van der Waals surface area contributed by atoms with Crippen LogP contribution in [-0.2, 0) is 9.84 Å². The van der Waals surface area contributed by atoms with Gasteiger partial charge in [0.15, 0.2) is 15.6 Å². The minimum atomic E-state index is -2.96. The van der Waals surface area contributed by atoms with E-state index in [9.17, 15) is 13.2 Å². The Balaban J connectivity index is 1.86. The smallest absolute Gasteiger partial charge is 0.186 e. The van der Waals surface area contributed by atoms with Gasteiger partial charge >= 0.3 is 0 Å². The monoisotopic (exact) mass is 358 g/mol. The second-order valence-electron chi connectivity index (χ2n) is 6.60. The molecule has 1 atom stereocenters. The average Bonchev–Trinajstić information content (AvgIpc) is 3.05. The van der Waals surface area contributed by atoms with E-state index in [1.54, 1.807) is 16.8 Å². The number of aromatic nitrogens is 2. The fourth-order valence-corrected chi connectivity index (χ4v) is 5.03. The second-order valence-corrected chi connectivity index (χ2v) is 8.83. The molecule has 1 aromatic carbocycles. The summed E-state index contributed by atoms with van der Waals surface area (Å²) in [6.45, 7) is 5.71. The molecule has 3 rings (SSSR count). The summed E-state index contributed by atoms with van der Waals surface area (Å²) in [4.78, 5) is 12.4. The predicted molar refractivity (Wildman–Crippen MR) is 98.6 cm³/mol. The molecule has 0 bridgehead atoms. The molecular weight excluding hydrogens is 336 g/mol. The highest BCUT2D eigenvalue weighted by Gasteiger charge is 2.31. The molecule has 1 aliphatic rings. The van der Waals surface area contributed by atoms with E-state index >= 15 is 0 Å². The van der Waals surface area contributed by atoms with Crippen LogP contribution in [-0.4, -0.2) is 35.5 Å². The van der Waals surface area contributed by atoms with E-state index in [1.165, 1.54) is 0 Å². The second kappa shape index (κ2) is 6.59. The molecule has 25 heavy (non-hydrogen) atoms. The number of nitrogens with zero attached hydrogens (tertiary/aromatic N) is 2. The molecule has 2 heterocycles. The summed E-state index contributed by atoms with van der Waals surface area (Å²) in [5.74, 6) is 0.306. The van der Waals surface area contributed by atoms with Crippen molar-refractivity contribution in [1.82, 2.24) is 9.78 Å². The number of benzene rings is 1. The van der Waals surface area contributed by atoms with E-state index in [2.05, 4.69) is 5.10 Å². The van der Waals surface area contributed by atoms with Crippen LogP contribution >= 0.6 is 0 Å². The van der Waals surface area contributed by atoms with Gasteiger partial charge in [0, 0.05) is 16.8 Å². The molecule has 0 aliphatic carbocycles. The van der Waals surface area contributed by atoms with Crippen molar-refractivity contribution in [2.24, 2.45) is 0 Å². The molecule has 5 nitrogen and oxygen atoms in total. The fraction of sp³-hybridized carbons (Fsp3) is 0.368. The molecule has 0 radical (unpaired) electrons. The first kappa shape index (κ1) is 17.6. The van der Waals surface area contributed by atoms with E-state index < -0.39 is 9.84 Å². The Morgan fingerprint density at radius 2 is 1.96 bits per heavy atom. The molecule has 0 unspecified atom stereocenters. The molecule has 1 fully saturated rings. The average molecular weight is 358 g/mol. The van der Waals surface area contributed by atoms with Gasteiger partial charge in [0.25, 0.3) is 0 Å². The molecule has 132 valence electrons. The highest BCUT2D eigenvalue weighted by molar-refractivity contribution is 7.91. The molecule has 2 aromatic rings. The Labute approximate surface area is 148 Å². The van der Waals surface area contributed by atoms with Gasteiger partial charge < -0.3 is 0 Å². The lowest BCUT2D eigenvalue weighted by Crippen LogP contribution is -2.13. The Kier molecular flexibility index (Phi) is 4.64. The Bertz CT molecular complexity index is 955. The van der Waals surface area contributed by atoms with Crippen LogP contribution in [0.15, 0.2) is 30.3 Å². The van der Waals surface area contributed by atoms with Crippen LogP contribution in [0, 0.1) is 20.8 Å². The summed E-state index contributed by atoms with van der Waals surface area (Å²) in [5, 5.41) is 4.52. The van der Waals surface area contributed by atoms with E-state index in [4.69, 9.17) is 0 Å². The third-order valence-electron chi connectivity index (χ3n) is 4.75. The third kappa shape index (κ3) is 3.58. The molecule has 0 amide bonds. The molecule has 1 aromatic heterocycles. The lowest BCUT2D eigenvalue weighted by molar-refractivity contribution is 0.104.